The van der Waals surface area contributed by atoms with E-state index < -0.39 is 11.9 Å². The number of carboxylic acids is 2. The van der Waals surface area contributed by atoms with Crippen molar-refractivity contribution in [2.75, 3.05) is 0 Å². The lowest BCUT2D eigenvalue weighted by atomic mass is 10.1. The van der Waals surface area contributed by atoms with Crippen molar-refractivity contribution in [2.45, 2.75) is 45.9 Å². The zero-order valence-corrected chi connectivity index (χ0v) is 16.3. The molecule has 7 heteroatoms. The second-order valence-corrected chi connectivity index (χ2v) is 6.99. The minimum Gasteiger partial charge on any atom is -0.491 e. The zero-order valence-electron chi connectivity index (χ0n) is 16.3. The first-order valence-electron chi connectivity index (χ1n) is 9.04. The highest BCUT2D eigenvalue weighted by Gasteiger charge is 2.23. The van der Waals surface area contributed by atoms with Crippen molar-refractivity contribution < 1.29 is 24.5 Å². The number of aliphatic carboxylic acids is 2. The summed E-state index contributed by atoms with van der Waals surface area (Å²) in [5.41, 5.74) is 11.3. The minimum absolute atomic E-state index is 0.158. The van der Waals surface area contributed by atoms with Gasteiger partial charge >= 0.3 is 11.9 Å². The lowest BCUT2D eigenvalue weighted by molar-refractivity contribution is -0.134. The molecule has 0 saturated carbocycles. The monoisotopic (exact) mass is 386 g/mol. The fraction of sp³-hybridized carbons (Fsp3) is 0.333. The van der Waals surface area contributed by atoms with Gasteiger partial charge in [0.15, 0.2) is 0 Å². The van der Waals surface area contributed by atoms with E-state index in [0.29, 0.717) is 12.2 Å². The highest BCUT2D eigenvalue weighted by Crippen LogP contribution is 2.39. The maximum absolute atomic E-state index is 9.55. The third kappa shape index (κ3) is 5.72. The van der Waals surface area contributed by atoms with Crippen LogP contribution in [0, 0.1) is 0 Å². The Morgan fingerprint density at radius 3 is 2.32 bits per heavy atom. The molecule has 1 aliphatic rings. The van der Waals surface area contributed by atoms with E-state index in [4.69, 9.17) is 20.7 Å². The molecule has 1 heterocycles. The Labute approximate surface area is 164 Å². The predicted molar refractivity (Wildman–Crippen MR) is 106 cm³/mol. The highest BCUT2D eigenvalue weighted by atomic mass is 16.5. The predicted octanol–water partition coefficient (Wildman–Crippen LogP) is 2.91. The normalized spacial score (nSPS) is 12.9. The first-order valence-corrected chi connectivity index (χ1v) is 9.04. The van der Waals surface area contributed by atoms with Crippen LogP contribution in [0.15, 0.2) is 42.6 Å². The Morgan fingerprint density at radius 2 is 1.79 bits per heavy atom. The summed E-state index contributed by atoms with van der Waals surface area (Å²) in [6.45, 7) is 7.00. The van der Waals surface area contributed by atoms with Crippen LogP contribution in [-0.2, 0) is 22.6 Å². The van der Waals surface area contributed by atoms with Crippen LogP contribution in [0.4, 0.5) is 0 Å². The molecule has 0 saturated heterocycles. The van der Waals surface area contributed by atoms with Crippen LogP contribution in [0.3, 0.4) is 0 Å². The SMILES string of the molecule is CC(N)Cn1ccc2c1-c1cc(OC(C)C)ccc1C2.O=C(O)C=CC(=O)O. The Morgan fingerprint density at radius 1 is 1.14 bits per heavy atom. The molecule has 0 amide bonds. The van der Waals surface area contributed by atoms with Crippen molar-refractivity contribution >= 4 is 11.9 Å². The second-order valence-electron chi connectivity index (χ2n) is 6.99. The second kappa shape index (κ2) is 9.23. The lowest BCUT2D eigenvalue weighted by Gasteiger charge is -2.14. The van der Waals surface area contributed by atoms with Gasteiger partial charge in [-0.2, -0.15) is 0 Å². The van der Waals surface area contributed by atoms with Crippen LogP contribution in [0.5, 0.6) is 5.75 Å². The van der Waals surface area contributed by atoms with Gasteiger partial charge in [0.1, 0.15) is 5.75 Å². The highest BCUT2D eigenvalue weighted by molar-refractivity contribution is 5.89. The van der Waals surface area contributed by atoms with E-state index in [1.807, 2.05) is 6.92 Å². The van der Waals surface area contributed by atoms with Crippen LogP contribution in [-0.4, -0.2) is 38.9 Å². The van der Waals surface area contributed by atoms with Gasteiger partial charge in [-0.15, -0.1) is 0 Å². The summed E-state index contributed by atoms with van der Waals surface area (Å²) < 4.78 is 8.09. The fourth-order valence-electron chi connectivity index (χ4n) is 3.07. The van der Waals surface area contributed by atoms with Gasteiger partial charge in [-0.1, -0.05) is 6.07 Å². The minimum atomic E-state index is -1.26. The molecule has 2 aromatic rings. The van der Waals surface area contributed by atoms with E-state index in [9.17, 15) is 9.59 Å². The standard InChI is InChI=1S/C17H22N2O.C4H4O4/c1-11(2)20-15-5-4-13-8-14-6-7-19(10-12(3)18)17(14)16(13)9-15;5-3(6)1-2-4(7)8/h4-7,9,11-12H,8,10,18H2,1-3H3;1-2H,(H,5,6)(H,7,8). The van der Waals surface area contributed by atoms with Gasteiger partial charge in [-0.3, -0.25) is 0 Å². The number of carboxylic acid groups (broad SMARTS) is 2. The maximum atomic E-state index is 9.55. The molecule has 1 aliphatic carbocycles. The summed E-state index contributed by atoms with van der Waals surface area (Å²) in [6.07, 6.45) is 4.47. The first kappa shape index (κ1) is 21.2. The van der Waals surface area contributed by atoms with Crippen molar-refractivity contribution in [3.63, 3.8) is 0 Å². The van der Waals surface area contributed by atoms with E-state index in [-0.39, 0.29) is 12.1 Å². The molecular weight excluding hydrogens is 360 g/mol. The molecular formula is C21H26N2O5. The number of aromatic nitrogens is 1. The third-order valence-electron chi connectivity index (χ3n) is 3.99. The summed E-state index contributed by atoms with van der Waals surface area (Å²) in [7, 11) is 0. The van der Waals surface area contributed by atoms with Crippen LogP contribution in [0.25, 0.3) is 11.3 Å². The number of hydrogen-bond acceptors (Lipinski definition) is 4. The Bertz CT molecular complexity index is 865. The molecule has 0 aliphatic heterocycles. The Kier molecular flexibility index (Phi) is 7.00. The number of hydrogen-bond donors (Lipinski definition) is 3. The molecule has 0 radical (unpaired) electrons. The quantitative estimate of drug-likeness (QED) is 0.561. The number of benzene rings is 1. The van der Waals surface area contributed by atoms with Crippen molar-refractivity contribution in [2.24, 2.45) is 5.73 Å². The molecule has 0 fully saturated rings. The maximum Gasteiger partial charge on any atom is 0.328 e. The summed E-state index contributed by atoms with van der Waals surface area (Å²) in [6, 6.07) is 8.79. The molecule has 1 aromatic carbocycles. The van der Waals surface area contributed by atoms with E-state index in [1.165, 1.54) is 22.4 Å². The third-order valence-corrected chi connectivity index (χ3v) is 3.99. The zero-order chi connectivity index (χ0) is 20.8. The van der Waals surface area contributed by atoms with Crippen molar-refractivity contribution in [3.05, 3.63) is 53.7 Å². The molecule has 1 unspecified atom stereocenters. The first-order chi connectivity index (χ1) is 13.2. The molecule has 1 aromatic heterocycles. The molecule has 0 spiro atoms. The summed E-state index contributed by atoms with van der Waals surface area (Å²) in [5, 5.41) is 15.6. The number of fused-ring (bicyclic) bond motifs is 3. The molecule has 150 valence electrons. The van der Waals surface area contributed by atoms with Crippen LogP contribution in [0.1, 0.15) is 31.9 Å². The van der Waals surface area contributed by atoms with Gasteiger partial charge in [0.05, 0.1) is 11.8 Å². The molecule has 0 bridgehead atoms. The largest absolute Gasteiger partial charge is 0.491 e. The van der Waals surface area contributed by atoms with Crippen LogP contribution >= 0.6 is 0 Å². The van der Waals surface area contributed by atoms with Gasteiger partial charge < -0.3 is 25.3 Å². The van der Waals surface area contributed by atoms with Gasteiger partial charge in [0.2, 0.25) is 0 Å². The van der Waals surface area contributed by atoms with E-state index in [0.717, 1.165) is 18.7 Å². The molecule has 4 N–H and O–H groups in total. The smallest absolute Gasteiger partial charge is 0.328 e. The molecule has 7 nitrogen and oxygen atoms in total. The fourth-order valence-corrected chi connectivity index (χ4v) is 3.07. The Balaban J connectivity index is 0.000000300. The van der Waals surface area contributed by atoms with E-state index in [2.05, 4.69) is 48.9 Å². The van der Waals surface area contributed by atoms with E-state index >= 15 is 0 Å². The summed E-state index contributed by atoms with van der Waals surface area (Å²) in [4.78, 5) is 19.1. The lowest BCUT2D eigenvalue weighted by Crippen LogP contribution is -2.22. The average Bonchev–Trinajstić information content (AvgIpc) is 3.12. The molecule has 28 heavy (non-hydrogen) atoms. The topological polar surface area (TPSA) is 115 Å². The number of carbonyl (C=O) groups is 2. The van der Waals surface area contributed by atoms with Crippen molar-refractivity contribution in [3.8, 4) is 17.0 Å². The number of rotatable bonds is 6. The summed E-state index contributed by atoms with van der Waals surface area (Å²) in [5.74, 6) is -1.57. The van der Waals surface area contributed by atoms with Crippen LogP contribution < -0.4 is 10.5 Å². The summed E-state index contributed by atoms with van der Waals surface area (Å²) >= 11 is 0. The molecule has 3 rings (SSSR count). The Hall–Kier alpha value is -3.06. The van der Waals surface area contributed by atoms with Crippen molar-refractivity contribution in [1.29, 1.82) is 0 Å². The number of nitrogens with zero attached hydrogens (tertiary/aromatic N) is 1. The number of ether oxygens (including phenoxy) is 1. The van der Waals surface area contributed by atoms with E-state index in [1.54, 1.807) is 0 Å². The number of nitrogens with two attached hydrogens (primary N) is 1. The molecule has 1 atom stereocenters. The van der Waals surface area contributed by atoms with Crippen molar-refractivity contribution in [1.82, 2.24) is 4.57 Å². The van der Waals surface area contributed by atoms with Gasteiger partial charge in [0.25, 0.3) is 0 Å². The van der Waals surface area contributed by atoms with Gasteiger partial charge in [0, 0.05) is 42.9 Å². The van der Waals surface area contributed by atoms with Crippen LogP contribution in [0.2, 0.25) is 0 Å². The van der Waals surface area contributed by atoms with Gasteiger partial charge in [-0.25, -0.2) is 9.59 Å². The average molecular weight is 386 g/mol. The van der Waals surface area contributed by atoms with Gasteiger partial charge in [-0.05, 0) is 50.1 Å².